The van der Waals surface area contributed by atoms with E-state index in [9.17, 15) is 8.42 Å². The maximum absolute atomic E-state index is 11.4. The normalized spacial score (nSPS) is 21.1. The van der Waals surface area contributed by atoms with Gasteiger partial charge in [-0.1, -0.05) is 6.07 Å². The van der Waals surface area contributed by atoms with Crippen molar-refractivity contribution in [3.05, 3.63) is 24.3 Å². The topological polar surface area (TPSA) is 52.6 Å². The summed E-state index contributed by atoms with van der Waals surface area (Å²) in [7, 11) is -3.19. The van der Waals surface area contributed by atoms with Crippen molar-refractivity contribution in [3.8, 4) is 5.75 Å². The molecular weight excluding hydrogens is 240 g/mol. The first-order valence-electron chi connectivity index (χ1n) is 5.64. The van der Waals surface area contributed by atoms with Gasteiger partial charge in [-0.2, -0.15) is 0 Å². The molecule has 0 radical (unpaired) electrons. The zero-order chi connectivity index (χ0) is 12.3. The summed E-state index contributed by atoms with van der Waals surface area (Å²) in [5, 5.41) is 0. The zero-order valence-electron chi connectivity index (χ0n) is 9.76. The summed E-state index contributed by atoms with van der Waals surface area (Å²) in [5.41, 5.74) is 0. The van der Waals surface area contributed by atoms with Crippen LogP contribution in [-0.4, -0.2) is 27.6 Å². The monoisotopic (exact) mass is 256 g/mol. The molecule has 1 aliphatic heterocycles. The van der Waals surface area contributed by atoms with Crippen LogP contribution in [0.1, 0.15) is 19.3 Å². The molecule has 0 aliphatic carbocycles. The van der Waals surface area contributed by atoms with Crippen molar-refractivity contribution in [1.29, 1.82) is 0 Å². The third kappa shape index (κ3) is 3.44. The summed E-state index contributed by atoms with van der Waals surface area (Å²) in [6.45, 7) is 0.705. The van der Waals surface area contributed by atoms with E-state index >= 15 is 0 Å². The van der Waals surface area contributed by atoms with Gasteiger partial charge >= 0.3 is 0 Å². The maximum Gasteiger partial charge on any atom is 0.199 e. The van der Waals surface area contributed by atoms with Crippen LogP contribution in [0.2, 0.25) is 0 Å². The molecule has 0 amide bonds. The Morgan fingerprint density at radius 2 is 2.18 bits per heavy atom. The fraction of sp³-hybridized carbons (Fsp3) is 0.500. The van der Waals surface area contributed by atoms with Gasteiger partial charge in [0, 0.05) is 12.7 Å². The summed E-state index contributed by atoms with van der Waals surface area (Å²) in [6, 6.07) is 6.51. The van der Waals surface area contributed by atoms with Crippen molar-refractivity contribution in [2.75, 3.05) is 12.9 Å². The fourth-order valence-corrected chi connectivity index (χ4v) is 2.39. The number of hydrogen-bond donors (Lipinski definition) is 0. The second-order valence-corrected chi connectivity index (χ2v) is 6.18. The molecule has 0 saturated carbocycles. The molecule has 94 valence electrons. The number of benzene rings is 1. The Bertz CT molecular complexity index is 475. The molecule has 0 aromatic heterocycles. The van der Waals surface area contributed by atoms with Crippen LogP contribution >= 0.6 is 0 Å². The Morgan fingerprint density at radius 1 is 1.35 bits per heavy atom. The van der Waals surface area contributed by atoms with Gasteiger partial charge < -0.3 is 9.47 Å². The predicted octanol–water partition coefficient (Wildman–Crippen LogP) is 2.00. The summed E-state index contributed by atoms with van der Waals surface area (Å²) >= 11 is 0. The second-order valence-electron chi connectivity index (χ2n) is 4.16. The molecule has 1 aromatic carbocycles. The molecule has 1 aromatic rings. The van der Waals surface area contributed by atoms with Gasteiger partial charge in [-0.15, -0.1) is 0 Å². The van der Waals surface area contributed by atoms with Crippen LogP contribution in [0.25, 0.3) is 0 Å². The van der Waals surface area contributed by atoms with Crippen molar-refractivity contribution in [2.45, 2.75) is 30.4 Å². The molecule has 1 atom stereocenters. The van der Waals surface area contributed by atoms with Crippen LogP contribution in [0.4, 0.5) is 0 Å². The third-order valence-corrected chi connectivity index (χ3v) is 3.75. The molecule has 1 saturated heterocycles. The van der Waals surface area contributed by atoms with Gasteiger partial charge in [-0.25, -0.2) is 8.42 Å². The molecule has 0 spiro atoms. The molecule has 5 heteroatoms. The van der Waals surface area contributed by atoms with Gasteiger partial charge in [0.1, 0.15) is 5.75 Å². The molecule has 0 N–H and O–H groups in total. The Balaban J connectivity index is 2.11. The molecule has 1 aliphatic rings. The van der Waals surface area contributed by atoms with Gasteiger partial charge in [-0.3, -0.25) is 0 Å². The highest BCUT2D eigenvalue weighted by Gasteiger charge is 2.16. The minimum atomic E-state index is -3.19. The minimum Gasteiger partial charge on any atom is -0.465 e. The number of hydrogen-bond acceptors (Lipinski definition) is 4. The van der Waals surface area contributed by atoms with Crippen LogP contribution in [0.5, 0.6) is 5.75 Å². The van der Waals surface area contributed by atoms with E-state index in [1.165, 1.54) is 12.3 Å². The van der Waals surface area contributed by atoms with Crippen LogP contribution < -0.4 is 4.74 Å². The van der Waals surface area contributed by atoms with E-state index in [0.717, 1.165) is 19.3 Å². The third-order valence-electron chi connectivity index (χ3n) is 2.64. The second kappa shape index (κ2) is 5.06. The average molecular weight is 256 g/mol. The standard InChI is InChI=1S/C12H16O4S/c1-17(13,14)11-6-4-5-10(9-11)16-12-7-2-3-8-15-12/h4-6,9,12H,2-3,7-8H2,1H3. The fourth-order valence-electron chi connectivity index (χ4n) is 1.73. The van der Waals surface area contributed by atoms with Crippen molar-refractivity contribution in [3.63, 3.8) is 0 Å². The lowest BCUT2D eigenvalue weighted by Crippen LogP contribution is -2.25. The Kier molecular flexibility index (Phi) is 3.69. The minimum absolute atomic E-state index is 0.251. The molecule has 1 fully saturated rings. The SMILES string of the molecule is CS(=O)(=O)c1cccc(OC2CCCCO2)c1. The molecule has 1 unspecified atom stereocenters. The van der Waals surface area contributed by atoms with Crippen LogP contribution in [0.15, 0.2) is 29.2 Å². The number of rotatable bonds is 3. The van der Waals surface area contributed by atoms with Gasteiger partial charge in [0.2, 0.25) is 0 Å². The zero-order valence-corrected chi connectivity index (χ0v) is 10.6. The molecular formula is C12H16O4S. The number of ether oxygens (including phenoxy) is 2. The Labute approximate surface area is 101 Å². The van der Waals surface area contributed by atoms with Gasteiger partial charge in [0.05, 0.1) is 11.5 Å². The van der Waals surface area contributed by atoms with Crippen molar-refractivity contribution >= 4 is 9.84 Å². The predicted molar refractivity (Wildman–Crippen MR) is 63.8 cm³/mol. The lowest BCUT2D eigenvalue weighted by molar-refractivity contribution is -0.106. The van der Waals surface area contributed by atoms with Crippen LogP contribution in [-0.2, 0) is 14.6 Å². The highest BCUT2D eigenvalue weighted by Crippen LogP contribution is 2.21. The first-order chi connectivity index (χ1) is 8.05. The molecule has 2 rings (SSSR count). The summed E-state index contributed by atoms with van der Waals surface area (Å²) < 4.78 is 33.8. The summed E-state index contributed by atoms with van der Waals surface area (Å²) in [5.74, 6) is 0.542. The highest BCUT2D eigenvalue weighted by molar-refractivity contribution is 7.90. The Hall–Kier alpha value is -1.07. The van der Waals surface area contributed by atoms with Crippen molar-refractivity contribution in [2.24, 2.45) is 0 Å². The van der Waals surface area contributed by atoms with Crippen molar-refractivity contribution < 1.29 is 17.9 Å². The van der Waals surface area contributed by atoms with Crippen molar-refractivity contribution in [1.82, 2.24) is 0 Å². The molecule has 4 nitrogen and oxygen atoms in total. The lowest BCUT2D eigenvalue weighted by atomic mass is 10.2. The van der Waals surface area contributed by atoms with E-state index in [1.54, 1.807) is 18.2 Å². The summed E-state index contributed by atoms with van der Waals surface area (Å²) in [4.78, 5) is 0.269. The van der Waals surface area contributed by atoms with E-state index in [1.807, 2.05) is 0 Å². The highest BCUT2D eigenvalue weighted by atomic mass is 32.2. The van der Waals surface area contributed by atoms with E-state index in [0.29, 0.717) is 12.4 Å². The first kappa shape index (κ1) is 12.4. The van der Waals surface area contributed by atoms with E-state index in [4.69, 9.17) is 9.47 Å². The molecule has 17 heavy (non-hydrogen) atoms. The Morgan fingerprint density at radius 3 is 2.82 bits per heavy atom. The van der Waals surface area contributed by atoms with Crippen LogP contribution in [0, 0.1) is 0 Å². The number of sulfone groups is 1. The van der Waals surface area contributed by atoms with Gasteiger partial charge in [-0.05, 0) is 31.0 Å². The summed E-state index contributed by atoms with van der Waals surface area (Å²) in [6.07, 6.45) is 3.92. The smallest absolute Gasteiger partial charge is 0.199 e. The van der Waals surface area contributed by atoms with E-state index in [-0.39, 0.29) is 11.2 Å². The van der Waals surface area contributed by atoms with Gasteiger partial charge in [0.15, 0.2) is 16.1 Å². The molecule has 1 heterocycles. The van der Waals surface area contributed by atoms with E-state index < -0.39 is 9.84 Å². The first-order valence-corrected chi connectivity index (χ1v) is 7.53. The average Bonchev–Trinajstić information content (AvgIpc) is 2.29. The largest absolute Gasteiger partial charge is 0.465 e. The maximum atomic E-state index is 11.4. The quantitative estimate of drug-likeness (QED) is 0.830. The molecule has 0 bridgehead atoms. The van der Waals surface area contributed by atoms with E-state index in [2.05, 4.69) is 0 Å². The van der Waals surface area contributed by atoms with Gasteiger partial charge in [0.25, 0.3) is 0 Å². The van der Waals surface area contributed by atoms with Crippen LogP contribution in [0.3, 0.4) is 0 Å². The lowest BCUT2D eigenvalue weighted by Gasteiger charge is -2.23.